The van der Waals surface area contributed by atoms with Crippen LogP contribution in [-0.2, 0) is 6.42 Å². The Hall–Kier alpha value is -1.52. The summed E-state index contributed by atoms with van der Waals surface area (Å²) in [6, 6.07) is 5.22. The third kappa shape index (κ3) is 2.78. The average molecular weight is 270 g/mol. The number of nitrogen functional groups attached to an aromatic ring is 1. The largest absolute Gasteiger partial charge is 0.369 e. The van der Waals surface area contributed by atoms with Gasteiger partial charge in [0.25, 0.3) is 5.56 Å². The van der Waals surface area contributed by atoms with Crippen LogP contribution in [0.3, 0.4) is 0 Å². The maximum atomic E-state index is 11.6. The Morgan fingerprint density at radius 1 is 1.29 bits per heavy atom. The summed E-state index contributed by atoms with van der Waals surface area (Å²) in [6.45, 7) is 0. The van der Waals surface area contributed by atoms with Gasteiger partial charge in [0.1, 0.15) is 0 Å². The fourth-order valence-electron chi connectivity index (χ4n) is 1.43. The van der Waals surface area contributed by atoms with Gasteiger partial charge in [-0.3, -0.25) is 9.78 Å². The lowest BCUT2D eigenvalue weighted by molar-refractivity contribution is 1.04. The molecule has 0 bridgehead atoms. The second kappa shape index (κ2) is 4.77. The Morgan fingerprint density at radius 3 is 2.71 bits per heavy atom. The third-order valence-corrected chi connectivity index (χ3v) is 3.01. The lowest BCUT2D eigenvalue weighted by atomic mass is 10.1. The molecule has 88 valence electrons. The molecule has 0 aliphatic carbocycles. The van der Waals surface area contributed by atoms with Crippen LogP contribution < -0.4 is 11.3 Å². The number of nitrogens with two attached hydrogens (primary N) is 1. The molecule has 6 heteroatoms. The molecule has 2 aromatic rings. The highest BCUT2D eigenvalue weighted by Gasteiger charge is 2.05. The van der Waals surface area contributed by atoms with Gasteiger partial charge >= 0.3 is 0 Å². The molecular weight excluding hydrogens is 261 g/mol. The molecule has 0 aliphatic heterocycles. The van der Waals surface area contributed by atoms with Crippen molar-refractivity contribution in [1.29, 1.82) is 0 Å². The molecular formula is C11H9Cl2N3O. The summed E-state index contributed by atoms with van der Waals surface area (Å²) in [7, 11) is 0. The first-order valence-electron chi connectivity index (χ1n) is 4.84. The molecule has 0 fully saturated rings. The fourth-order valence-corrected chi connectivity index (χ4v) is 1.75. The van der Waals surface area contributed by atoms with E-state index in [1.165, 1.54) is 6.20 Å². The molecule has 17 heavy (non-hydrogen) atoms. The van der Waals surface area contributed by atoms with Crippen molar-refractivity contribution in [3.8, 4) is 0 Å². The number of hydrogen-bond donors (Lipinski definition) is 2. The van der Waals surface area contributed by atoms with Gasteiger partial charge in [-0.15, -0.1) is 0 Å². The van der Waals surface area contributed by atoms with E-state index >= 15 is 0 Å². The molecule has 0 atom stereocenters. The second-order valence-electron chi connectivity index (χ2n) is 3.55. The summed E-state index contributed by atoms with van der Waals surface area (Å²) in [6.07, 6.45) is 1.89. The first kappa shape index (κ1) is 12.0. The molecule has 1 heterocycles. The Labute approximate surface area is 107 Å². The summed E-state index contributed by atoms with van der Waals surface area (Å²) in [5, 5.41) is 0.948. The maximum Gasteiger partial charge on any atom is 0.255 e. The molecule has 0 amide bonds. The molecule has 0 aliphatic rings. The molecule has 1 aromatic carbocycles. The van der Waals surface area contributed by atoms with Crippen molar-refractivity contribution in [2.75, 3.05) is 5.73 Å². The van der Waals surface area contributed by atoms with Gasteiger partial charge in [-0.2, -0.15) is 0 Å². The second-order valence-corrected chi connectivity index (χ2v) is 4.36. The van der Waals surface area contributed by atoms with Crippen LogP contribution in [0.1, 0.15) is 11.1 Å². The molecule has 0 spiro atoms. The van der Waals surface area contributed by atoms with Crippen LogP contribution in [0, 0.1) is 0 Å². The van der Waals surface area contributed by atoms with Crippen molar-refractivity contribution in [1.82, 2.24) is 9.97 Å². The van der Waals surface area contributed by atoms with E-state index in [0.29, 0.717) is 22.0 Å². The van der Waals surface area contributed by atoms with E-state index in [9.17, 15) is 4.79 Å². The van der Waals surface area contributed by atoms with E-state index in [4.69, 9.17) is 28.9 Å². The molecule has 2 rings (SSSR count). The number of benzene rings is 1. The van der Waals surface area contributed by atoms with Crippen LogP contribution in [0.5, 0.6) is 0 Å². The molecule has 0 saturated heterocycles. The summed E-state index contributed by atoms with van der Waals surface area (Å²) in [5.41, 5.74) is 6.52. The van der Waals surface area contributed by atoms with Crippen LogP contribution in [-0.4, -0.2) is 9.97 Å². The summed E-state index contributed by atoms with van der Waals surface area (Å²) >= 11 is 11.7. The number of aromatic amines is 1. The fraction of sp³-hybridized carbons (Fsp3) is 0.0909. The van der Waals surface area contributed by atoms with Crippen molar-refractivity contribution >= 4 is 29.2 Å². The summed E-state index contributed by atoms with van der Waals surface area (Å²) < 4.78 is 0. The Bertz CT molecular complexity index is 610. The molecule has 0 saturated carbocycles. The van der Waals surface area contributed by atoms with Gasteiger partial charge in [0.2, 0.25) is 0 Å². The first-order valence-corrected chi connectivity index (χ1v) is 5.59. The first-order chi connectivity index (χ1) is 8.06. The van der Waals surface area contributed by atoms with Gasteiger partial charge in [0.05, 0.1) is 10.0 Å². The smallest absolute Gasteiger partial charge is 0.255 e. The third-order valence-electron chi connectivity index (χ3n) is 2.27. The SMILES string of the molecule is Nc1ncc(Cc2ccc(Cl)c(Cl)c2)c(=O)[nH]1. The van der Waals surface area contributed by atoms with Crippen molar-refractivity contribution < 1.29 is 0 Å². The monoisotopic (exact) mass is 269 g/mol. The van der Waals surface area contributed by atoms with Crippen molar-refractivity contribution in [2.24, 2.45) is 0 Å². The van der Waals surface area contributed by atoms with Gasteiger partial charge in [-0.1, -0.05) is 29.3 Å². The number of hydrogen-bond acceptors (Lipinski definition) is 3. The predicted octanol–water partition coefficient (Wildman–Crippen LogP) is 2.25. The van der Waals surface area contributed by atoms with Crippen LogP contribution in [0.4, 0.5) is 5.95 Å². The Morgan fingerprint density at radius 2 is 2.06 bits per heavy atom. The van der Waals surface area contributed by atoms with E-state index in [1.807, 2.05) is 6.07 Å². The average Bonchev–Trinajstić information content (AvgIpc) is 2.27. The Kier molecular flexibility index (Phi) is 3.36. The van der Waals surface area contributed by atoms with E-state index in [0.717, 1.165) is 5.56 Å². The van der Waals surface area contributed by atoms with Gasteiger partial charge in [-0.05, 0) is 17.7 Å². The quantitative estimate of drug-likeness (QED) is 0.879. The van der Waals surface area contributed by atoms with Crippen LogP contribution in [0.25, 0.3) is 0 Å². The maximum absolute atomic E-state index is 11.6. The predicted molar refractivity (Wildman–Crippen MR) is 68.5 cm³/mol. The number of halogens is 2. The molecule has 1 aromatic heterocycles. The summed E-state index contributed by atoms with van der Waals surface area (Å²) in [5.74, 6) is 0.105. The minimum atomic E-state index is -0.247. The zero-order valence-corrected chi connectivity index (χ0v) is 10.2. The van der Waals surface area contributed by atoms with Gasteiger partial charge in [0.15, 0.2) is 5.95 Å². The van der Waals surface area contributed by atoms with E-state index in [-0.39, 0.29) is 11.5 Å². The van der Waals surface area contributed by atoms with Gasteiger partial charge in [-0.25, -0.2) is 4.98 Å². The van der Waals surface area contributed by atoms with E-state index in [2.05, 4.69) is 9.97 Å². The number of aromatic nitrogens is 2. The zero-order valence-electron chi connectivity index (χ0n) is 8.71. The van der Waals surface area contributed by atoms with Gasteiger partial charge in [0, 0.05) is 18.2 Å². The highest BCUT2D eigenvalue weighted by Crippen LogP contribution is 2.23. The Balaban J connectivity index is 2.31. The van der Waals surface area contributed by atoms with Crippen LogP contribution in [0.15, 0.2) is 29.2 Å². The van der Waals surface area contributed by atoms with Gasteiger partial charge < -0.3 is 5.73 Å². The minimum absolute atomic E-state index is 0.105. The molecule has 4 nitrogen and oxygen atoms in total. The highest BCUT2D eigenvalue weighted by atomic mass is 35.5. The minimum Gasteiger partial charge on any atom is -0.369 e. The lowest BCUT2D eigenvalue weighted by Crippen LogP contribution is -2.15. The normalized spacial score (nSPS) is 10.5. The lowest BCUT2D eigenvalue weighted by Gasteiger charge is -2.03. The topological polar surface area (TPSA) is 71.8 Å². The molecule has 0 radical (unpaired) electrons. The number of anilines is 1. The number of rotatable bonds is 2. The number of nitrogens with one attached hydrogen (secondary N) is 1. The molecule has 0 unspecified atom stereocenters. The number of nitrogens with zero attached hydrogens (tertiary/aromatic N) is 1. The van der Waals surface area contributed by atoms with E-state index in [1.54, 1.807) is 12.1 Å². The van der Waals surface area contributed by atoms with Crippen molar-refractivity contribution in [3.05, 3.63) is 55.9 Å². The van der Waals surface area contributed by atoms with E-state index < -0.39 is 0 Å². The standard InChI is InChI=1S/C11H9Cl2N3O/c12-8-2-1-6(4-9(8)13)3-7-5-15-11(14)16-10(7)17/h1-2,4-5H,3H2,(H3,14,15,16,17). The van der Waals surface area contributed by atoms with Crippen LogP contribution in [0.2, 0.25) is 10.0 Å². The van der Waals surface area contributed by atoms with Crippen molar-refractivity contribution in [2.45, 2.75) is 6.42 Å². The number of H-pyrrole nitrogens is 1. The highest BCUT2D eigenvalue weighted by molar-refractivity contribution is 6.42. The molecule has 3 N–H and O–H groups in total. The summed E-state index contributed by atoms with van der Waals surface area (Å²) in [4.78, 5) is 17.8. The zero-order chi connectivity index (χ0) is 12.4. The van der Waals surface area contributed by atoms with Crippen molar-refractivity contribution in [3.63, 3.8) is 0 Å². The van der Waals surface area contributed by atoms with Crippen LogP contribution >= 0.6 is 23.2 Å².